The van der Waals surface area contributed by atoms with E-state index in [1.54, 1.807) is 0 Å². The first-order chi connectivity index (χ1) is 7.24. The Morgan fingerprint density at radius 1 is 1.33 bits per heavy atom. The molecule has 82 valence electrons. The molecule has 1 saturated heterocycles. The maximum Gasteiger partial charge on any atom is 0.0105 e. The molecule has 2 N–H and O–H groups in total. The van der Waals surface area contributed by atoms with Gasteiger partial charge >= 0.3 is 0 Å². The molecule has 1 aromatic carbocycles. The highest BCUT2D eigenvalue weighted by Gasteiger charge is 2.34. The molecule has 0 spiro atoms. The number of benzene rings is 1. The summed E-state index contributed by atoms with van der Waals surface area (Å²) in [7, 11) is 0. The van der Waals surface area contributed by atoms with Crippen molar-refractivity contribution in [2.45, 2.75) is 18.8 Å². The van der Waals surface area contributed by atoms with Crippen LogP contribution in [0.1, 0.15) is 18.9 Å². The Bertz CT molecular complexity index is 310. The zero-order chi connectivity index (χ0) is 10.7. The van der Waals surface area contributed by atoms with Gasteiger partial charge in [-0.3, -0.25) is 0 Å². The Morgan fingerprint density at radius 3 is 2.73 bits per heavy atom. The van der Waals surface area contributed by atoms with E-state index in [9.17, 15) is 0 Å². The molecule has 15 heavy (non-hydrogen) atoms. The summed E-state index contributed by atoms with van der Waals surface area (Å²) in [6.07, 6.45) is 1.25. The second-order valence-corrected chi connectivity index (χ2v) is 4.74. The van der Waals surface area contributed by atoms with Crippen LogP contribution in [0.3, 0.4) is 0 Å². The molecule has 0 saturated carbocycles. The van der Waals surface area contributed by atoms with Crippen LogP contribution in [0.25, 0.3) is 0 Å². The van der Waals surface area contributed by atoms with E-state index >= 15 is 0 Å². The lowest BCUT2D eigenvalue weighted by molar-refractivity contribution is 0.325. The monoisotopic (exact) mass is 204 g/mol. The van der Waals surface area contributed by atoms with Gasteiger partial charge in [0.25, 0.3) is 0 Å². The van der Waals surface area contributed by atoms with Gasteiger partial charge in [-0.05, 0) is 18.5 Å². The van der Waals surface area contributed by atoms with Crippen molar-refractivity contribution in [3.63, 3.8) is 0 Å². The van der Waals surface area contributed by atoms with Crippen molar-refractivity contribution < 1.29 is 0 Å². The van der Waals surface area contributed by atoms with E-state index in [1.165, 1.54) is 18.5 Å². The Morgan fingerprint density at radius 2 is 2.07 bits per heavy atom. The molecule has 1 unspecified atom stereocenters. The molecular weight excluding hydrogens is 184 g/mol. The standard InChI is InChI=1S/C13H20N2/c1-13(12-5-3-2-4-6-12)7-9-15(11-13)10-8-14/h2-6H,7-11,14H2,1H3. The van der Waals surface area contributed by atoms with Crippen LogP contribution in [0, 0.1) is 0 Å². The fourth-order valence-corrected chi connectivity index (χ4v) is 2.51. The average molecular weight is 204 g/mol. The van der Waals surface area contributed by atoms with Gasteiger partial charge in [-0.25, -0.2) is 0 Å². The van der Waals surface area contributed by atoms with Crippen molar-refractivity contribution in [2.75, 3.05) is 26.2 Å². The molecule has 0 bridgehead atoms. The molecule has 2 heteroatoms. The Balaban J connectivity index is 2.10. The number of nitrogens with zero attached hydrogens (tertiary/aromatic N) is 1. The van der Waals surface area contributed by atoms with Gasteiger partial charge in [0, 0.05) is 25.0 Å². The van der Waals surface area contributed by atoms with E-state index < -0.39 is 0 Å². The van der Waals surface area contributed by atoms with E-state index in [4.69, 9.17) is 5.73 Å². The fraction of sp³-hybridized carbons (Fsp3) is 0.538. The number of nitrogens with two attached hydrogens (primary N) is 1. The number of hydrogen-bond donors (Lipinski definition) is 1. The summed E-state index contributed by atoms with van der Waals surface area (Å²) < 4.78 is 0. The minimum absolute atomic E-state index is 0.330. The summed E-state index contributed by atoms with van der Waals surface area (Å²) in [6, 6.07) is 10.8. The maximum atomic E-state index is 5.59. The number of rotatable bonds is 3. The molecule has 1 heterocycles. The van der Waals surface area contributed by atoms with Gasteiger partial charge in [0.05, 0.1) is 0 Å². The van der Waals surface area contributed by atoms with Gasteiger partial charge in [-0.15, -0.1) is 0 Å². The molecule has 1 fully saturated rings. The van der Waals surface area contributed by atoms with Gasteiger partial charge < -0.3 is 10.6 Å². The topological polar surface area (TPSA) is 29.3 Å². The largest absolute Gasteiger partial charge is 0.329 e. The lowest BCUT2D eigenvalue weighted by Crippen LogP contribution is -2.31. The van der Waals surface area contributed by atoms with Gasteiger partial charge in [0.15, 0.2) is 0 Å². The molecule has 0 aromatic heterocycles. The van der Waals surface area contributed by atoms with E-state index in [0.29, 0.717) is 5.41 Å². The van der Waals surface area contributed by atoms with E-state index in [1.807, 2.05) is 0 Å². The second-order valence-electron chi connectivity index (χ2n) is 4.74. The SMILES string of the molecule is CC1(c2ccccc2)CCN(CCN)C1. The zero-order valence-electron chi connectivity index (χ0n) is 9.45. The van der Waals surface area contributed by atoms with Crippen molar-refractivity contribution >= 4 is 0 Å². The summed E-state index contributed by atoms with van der Waals surface area (Å²) >= 11 is 0. The van der Waals surface area contributed by atoms with Crippen LogP contribution in [-0.2, 0) is 5.41 Å². The van der Waals surface area contributed by atoms with Crippen molar-refractivity contribution in [3.05, 3.63) is 35.9 Å². The van der Waals surface area contributed by atoms with Crippen LogP contribution in [0.5, 0.6) is 0 Å². The van der Waals surface area contributed by atoms with Crippen LogP contribution in [-0.4, -0.2) is 31.1 Å². The Labute approximate surface area is 92.1 Å². The highest BCUT2D eigenvalue weighted by atomic mass is 15.2. The first-order valence-electron chi connectivity index (χ1n) is 5.72. The molecular formula is C13H20N2. The van der Waals surface area contributed by atoms with Crippen LogP contribution in [0.4, 0.5) is 0 Å². The Hall–Kier alpha value is -0.860. The molecule has 1 aromatic rings. The molecule has 1 atom stereocenters. The van der Waals surface area contributed by atoms with Gasteiger partial charge in [0.1, 0.15) is 0 Å². The highest BCUT2D eigenvalue weighted by Crippen LogP contribution is 2.33. The normalized spacial score (nSPS) is 27.1. The highest BCUT2D eigenvalue weighted by molar-refractivity contribution is 5.26. The summed E-state index contributed by atoms with van der Waals surface area (Å²) in [4.78, 5) is 2.47. The third-order valence-corrected chi connectivity index (χ3v) is 3.47. The molecule has 2 nitrogen and oxygen atoms in total. The maximum absolute atomic E-state index is 5.59. The Kier molecular flexibility index (Phi) is 3.08. The van der Waals surface area contributed by atoms with Crippen molar-refractivity contribution in [1.29, 1.82) is 0 Å². The summed E-state index contributed by atoms with van der Waals surface area (Å²) in [5, 5.41) is 0. The van der Waals surface area contributed by atoms with Crippen LogP contribution >= 0.6 is 0 Å². The van der Waals surface area contributed by atoms with Crippen LogP contribution < -0.4 is 5.73 Å². The predicted molar refractivity (Wildman–Crippen MR) is 63.9 cm³/mol. The summed E-state index contributed by atoms with van der Waals surface area (Å²) in [6.45, 7) is 6.49. The molecule has 2 rings (SSSR count). The first-order valence-corrected chi connectivity index (χ1v) is 5.72. The molecule has 1 aliphatic heterocycles. The van der Waals surface area contributed by atoms with E-state index in [2.05, 4.69) is 42.2 Å². The quantitative estimate of drug-likeness (QED) is 0.810. The van der Waals surface area contributed by atoms with Crippen molar-refractivity contribution in [3.8, 4) is 0 Å². The molecule has 0 amide bonds. The first kappa shape index (κ1) is 10.7. The molecule has 1 aliphatic rings. The minimum Gasteiger partial charge on any atom is -0.329 e. The van der Waals surface area contributed by atoms with E-state index in [-0.39, 0.29) is 0 Å². The fourth-order valence-electron chi connectivity index (χ4n) is 2.51. The van der Waals surface area contributed by atoms with E-state index in [0.717, 1.165) is 19.6 Å². The smallest absolute Gasteiger partial charge is 0.0105 e. The molecule has 0 aliphatic carbocycles. The minimum atomic E-state index is 0.330. The number of hydrogen-bond acceptors (Lipinski definition) is 2. The van der Waals surface area contributed by atoms with Crippen LogP contribution in [0.15, 0.2) is 30.3 Å². The lowest BCUT2D eigenvalue weighted by Gasteiger charge is -2.25. The van der Waals surface area contributed by atoms with Crippen LogP contribution in [0.2, 0.25) is 0 Å². The predicted octanol–water partition coefficient (Wildman–Crippen LogP) is 1.61. The van der Waals surface area contributed by atoms with Gasteiger partial charge in [-0.1, -0.05) is 37.3 Å². The van der Waals surface area contributed by atoms with Crippen molar-refractivity contribution in [1.82, 2.24) is 4.90 Å². The molecule has 0 radical (unpaired) electrons. The summed E-state index contributed by atoms with van der Waals surface area (Å²) in [5.41, 5.74) is 7.39. The van der Waals surface area contributed by atoms with Gasteiger partial charge in [0.2, 0.25) is 0 Å². The second kappa shape index (κ2) is 4.33. The number of likely N-dealkylation sites (tertiary alicyclic amines) is 1. The summed E-state index contributed by atoms with van der Waals surface area (Å²) in [5.74, 6) is 0. The third kappa shape index (κ3) is 2.21. The third-order valence-electron chi connectivity index (χ3n) is 3.47. The lowest BCUT2D eigenvalue weighted by atomic mass is 9.82. The zero-order valence-corrected chi connectivity index (χ0v) is 9.45. The van der Waals surface area contributed by atoms with Gasteiger partial charge in [-0.2, -0.15) is 0 Å². The van der Waals surface area contributed by atoms with Crippen molar-refractivity contribution in [2.24, 2.45) is 5.73 Å². The average Bonchev–Trinajstić information content (AvgIpc) is 2.64.